The lowest BCUT2D eigenvalue weighted by molar-refractivity contribution is -0.119. The first-order valence-electron chi connectivity index (χ1n) is 11.1. The maximum Gasteiger partial charge on any atom is 0.132 e. The van der Waals surface area contributed by atoms with Crippen molar-refractivity contribution < 1.29 is 4.79 Å². The van der Waals surface area contributed by atoms with E-state index in [-0.39, 0.29) is 0 Å². The Balaban J connectivity index is 1.76. The summed E-state index contributed by atoms with van der Waals surface area (Å²) in [4.78, 5) is 12.0. The molecule has 29 heavy (non-hydrogen) atoms. The van der Waals surface area contributed by atoms with Gasteiger partial charge in [0, 0.05) is 31.2 Å². The van der Waals surface area contributed by atoms with Crippen molar-refractivity contribution in [1.29, 1.82) is 0 Å². The van der Waals surface area contributed by atoms with Gasteiger partial charge in [0.25, 0.3) is 0 Å². The van der Waals surface area contributed by atoms with E-state index >= 15 is 0 Å². The van der Waals surface area contributed by atoms with E-state index in [4.69, 9.17) is 5.10 Å². The zero-order valence-electron chi connectivity index (χ0n) is 18.2. The molecule has 152 valence electrons. The standard InChI is InChI=1S/C26H32N2O/c1-5-18-8-7-9-22(23(18)15-17(3)14-21(29)6-2)20-12-13-25-24(16-20)26(19-10-11-19)27-28(25)4/h7-9,12-13,16-17,19H,5-6,10-11,14-15H2,1-4H3. The third-order valence-electron chi connectivity index (χ3n) is 6.33. The van der Waals surface area contributed by atoms with Crippen molar-refractivity contribution in [3.8, 4) is 11.1 Å². The van der Waals surface area contributed by atoms with Crippen LogP contribution in [0.4, 0.5) is 0 Å². The fourth-order valence-corrected chi connectivity index (χ4v) is 4.55. The summed E-state index contributed by atoms with van der Waals surface area (Å²) in [6.45, 7) is 6.39. The fourth-order valence-electron chi connectivity index (χ4n) is 4.55. The molecule has 0 amide bonds. The summed E-state index contributed by atoms with van der Waals surface area (Å²) >= 11 is 0. The van der Waals surface area contributed by atoms with E-state index in [1.54, 1.807) is 0 Å². The number of aryl methyl sites for hydroxylation is 2. The average molecular weight is 389 g/mol. The molecule has 0 N–H and O–H groups in total. The van der Waals surface area contributed by atoms with Gasteiger partial charge in [0.05, 0.1) is 11.2 Å². The number of carbonyl (C=O) groups is 1. The molecule has 0 spiro atoms. The molecule has 3 aromatic rings. The number of fused-ring (bicyclic) bond motifs is 1. The summed E-state index contributed by atoms with van der Waals surface area (Å²) in [6, 6.07) is 13.5. The van der Waals surface area contributed by atoms with E-state index < -0.39 is 0 Å². The van der Waals surface area contributed by atoms with E-state index in [9.17, 15) is 4.79 Å². The third kappa shape index (κ3) is 4.01. The largest absolute Gasteiger partial charge is 0.300 e. The van der Waals surface area contributed by atoms with E-state index in [1.807, 2.05) is 18.7 Å². The second-order valence-electron chi connectivity index (χ2n) is 8.72. The molecule has 1 aromatic heterocycles. The Bertz CT molecular complexity index is 1040. The minimum Gasteiger partial charge on any atom is -0.300 e. The molecule has 3 heteroatoms. The molecule has 1 saturated carbocycles. The Morgan fingerprint density at radius 3 is 2.69 bits per heavy atom. The van der Waals surface area contributed by atoms with Crippen LogP contribution in [0.1, 0.15) is 69.2 Å². The summed E-state index contributed by atoms with van der Waals surface area (Å²) in [5.74, 6) is 1.35. The highest BCUT2D eigenvalue weighted by atomic mass is 16.1. The quantitative estimate of drug-likeness (QED) is 0.458. The number of nitrogens with zero attached hydrogens (tertiary/aromatic N) is 2. The lowest BCUT2D eigenvalue weighted by Gasteiger charge is -2.18. The van der Waals surface area contributed by atoms with Crippen LogP contribution in [0.25, 0.3) is 22.0 Å². The van der Waals surface area contributed by atoms with Crippen LogP contribution in [0, 0.1) is 5.92 Å². The molecule has 1 fully saturated rings. The van der Waals surface area contributed by atoms with Crippen LogP contribution in [-0.4, -0.2) is 15.6 Å². The first kappa shape index (κ1) is 19.9. The molecule has 4 rings (SSSR count). The molecule has 1 aliphatic rings. The Kier molecular flexibility index (Phi) is 5.58. The minimum atomic E-state index is 0.359. The summed E-state index contributed by atoms with van der Waals surface area (Å²) in [6.07, 6.45) is 5.78. The van der Waals surface area contributed by atoms with Crippen LogP contribution in [0.5, 0.6) is 0 Å². The van der Waals surface area contributed by atoms with E-state index in [0.29, 0.717) is 30.5 Å². The lowest BCUT2D eigenvalue weighted by Crippen LogP contribution is -2.09. The van der Waals surface area contributed by atoms with Gasteiger partial charge in [0.2, 0.25) is 0 Å². The number of aromatic nitrogens is 2. The fraction of sp³-hybridized carbons (Fsp3) is 0.462. The number of hydrogen-bond donors (Lipinski definition) is 0. The van der Waals surface area contributed by atoms with Gasteiger partial charge in [-0.2, -0.15) is 5.10 Å². The highest BCUT2D eigenvalue weighted by Gasteiger charge is 2.29. The van der Waals surface area contributed by atoms with Crippen molar-refractivity contribution in [3.63, 3.8) is 0 Å². The highest BCUT2D eigenvalue weighted by molar-refractivity contribution is 5.88. The zero-order valence-corrected chi connectivity index (χ0v) is 18.2. The molecular weight excluding hydrogens is 356 g/mol. The van der Waals surface area contributed by atoms with Crippen LogP contribution in [0.15, 0.2) is 36.4 Å². The number of hydrogen-bond acceptors (Lipinski definition) is 2. The van der Waals surface area contributed by atoms with Gasteiger partial charge in [-0.1, -0.05) is 45.0 Å². The van der Waals surface area contributed by atoms with E-state index in [0.717, 1.165) is 12.8 Å². The third-order valence-corrected chi connectivity index (χ3v) is 6.33. The van der Waals surface area contributed by atoms with Crippen LogP contribution < -0.4 is 0 Å². The van der Waals surface area contributed by atoms with Gasteiger partial charge in [-0.15, -0.1) is 0 Å². The van der Waals surface area contributed by atoms with Gasteiger partial charge in [-0.25, -0.2) is 0 Å². The van der Waals surface area contributed by atoms with Gasteiger partial charge in [-0.05, 0) is 66.0 Å². The molecule has 0 saturated heterocycles. The van der Waals surface area contributed by atoms with Crippen molar-refractivity contribution in [2.75, 3.05) is 0 Å². The predicted molar refractivity (Wildman–Crippen MR) is 120 cm³/mol. The first-order chi connectivity index (χ1) is 14.0. The second kappa shape index (κ2) is 8.14. The van der Waals surface area contributed by atoms with Crippen molar-refractivity contribution in [2.24, 2.45) is 13.0 Å². The SMILES string of the molecule is CCC(=O)CC(C)Cc1c(CC)cccc1-c1ccc2c(c1)c(C1CC1)nn2C. The Labute approximate surface area is 174 Å². The minimum absolute atomic E-state index is 0.359. The second-order valence-corrected chi connectivity index (χ2v) is 8.72. The molecule has 0 bridgehead atoms. The van der Waals surface area contributed by atoms with Gasteiger partial charge in [0.1, 0.15) is 5.78 Å². The van der Waals surface area contributed by atoms with Crippen molar-refractivity contribution >= 4 is 16.7 Å². The van der Waals surface area contributed by atoms with Crippen LogP contribution in [-0.2, 0) is 24.7 Å². The van der Waals surface area contributed by atoms with Crippen LogP contribution in [0.3, 0.4) is 0 Å². The van der Waals surface area contributed by atoms with Crippen LogP contribution in [0.2, 0.25) is 0 Å². The van der Waals surface area contributed by atoms with Gasteiger partial charge >= 0.3 is 0 Å². The molecule has 0 radical (unpaired) electrons. The van der Waals surface area contributed by atoms with Crippen molar-refractivity contribution in [3.05, 3.63) is 53.2 Å². The van der Waals surface area contributed by atoms with Crippen LogP contribution >= 0.6 is 0 Å². The van der Waals surface area contributed by atoms with Gasteiger partial charge < -0.3 is 0 Å². The smallest absolute Gasteiger partial charge is 0.132 e. The number of carbonyl (C=O) groups excluding carboxylic acids is 1. The summed E-state index contributed by atoms with van der Waals surface area (Å²) < 4.78 is 2.02. The lowest BCUT2D eigenvalue weighted by atomic mass is 9.86. The molecule has 1 aliphatic carbocycles. The van der Waals surface area contributed by atoms with Crippen molar-refractivity contribution in [2.45, 2.75) is 65.2 Å². The maximum absolute atomic E-state index is 12.0. The molecule has 1 heterocycles. The summed E-state index contributed by atoms with van der Waals surface area (Å²) in [5, 5.41) is 6.11. The Morgan fingerprint density at radius 1 is 1.21 bits per heavy atom. The molecule has 1 atom stereocenters. The molecule has 2 aromatic carbocycles. The zero-order chi connectivity index (χ0) is 20.5. The summed E-state index contributed by atoms with van der Waals surface area (Å²) in [7, 11) is 2.05. The molecule has 0 aliphatic heterocycles. The van der Waals surface area contributed by atoms with Gasteiger partial charge in [-0.3, -0.25) is 9.48 Å². The Morgan fingerprint density at radius 2 is 2.00 bits per heavy atom. The monoisotopic (exact) mass is 388 g/mol. The molecule has 3 nitrogen and oxygen atoms in total. The summed E-state index contributed by atoms with van der Waals surface area (Å²) in [5.41, 5.74) is 7.86. The van der Waals surface area contributed by atoms with Crippen molar-refractivity contribution in [1.82, 2.24) is 9.78 Å². The van der Waals surface area contributed by atoms with Gasteiger partial charge in [0.15, 0.2) is 0 Å². The number of benzene rings is 2. The molecule has 1 unspecified atom stereocenters. The Hall–Kier alpha value is -2.42. The number of Topliss-reactive ketones (excluding diaryl/α,β-unsaturated/α-hetero) is 1. The molecular formula is C26H32N2O. The number of rotatable bonds is 8. The first-order valence-corrected chi connectivity index (χ1v) is 11.1. The van der Waals surface area contributed by atoms with E-state index in [1.165, 1.54) is 51.7 Å². The topological polar surface area (TPSA) is 34.9 Å². The highest BCUT2D eigenvalue weighted by Crippen LogP contribution is 2.43. The van der Waals surface area contributed by atoms with E-state index in [2.05, 4.69) is 50.2 Å². The maximum atomic E-state index is 12.0. The predicted octanol–water partition coefficient (Wildman–Crippen LogP) is 6.23. The number of ketones is 1. The normalized spacial score (nSPS) is 15.0. The average Bonchev–Trinajstić information content (AvgIpc) is 3.51.